The maximum Gasteiger partial charge on any atom is 0.322 e. The first kappa shape index (κ1) is 20.5. The van der Waals surface area contributed by atoms with Gasteiger partial charge < -0.3 is 19.9 Å². The van der Waals surface area contributed by atoms with Crippen molar-refractivity contribution < 1.29 is 9.53 Å². The van der Waals surface area contributed by atoms with Crippen molar-refractivity contribution in [3.05, 3.63) is 63.1 Å². The van der Waals surface area contributed by atoms with Crippen molar-refractivity contribution in [3.63, 3.8) is 0 Å². The highest BCUT2D eigenvalue weighted by Gasteiger charge is 2.27. The topological polar surface area (TPSA) is 44.8 Å². The molecule has 1 N–H and O–H groups in total. The van der Waals surface area contributed by atoms with Gasteiger partial charge in [0.15, 0.2) is 0 Å². The number of benzene rings is 2. The highest BCUT2D eigenvalue weighted by atomic mass is 35.5. The molecule has 1 saturated heterocycles. The Bertz CT molecular complexity index is 904. The second-order valence-corrected chi connectivity index (χ2v) is 8.72. The van der Waals surface area contributed by atoms with Crippen LogP contribution in [0.1, 0.15) is 29.5 Å². The van der Waals surface area contributed by atoms with E-state index in [4.69, 9.17) is 27.9 Å². The van der Waals surface area contributed by atoms with Crippen LogP contribution in [0.4, 0.5) is 10.5 Å². The number of carbonyl (C=O) groups is 1. The normalized spacial score (nSPS) is 22.3. The third-order valence-corrected chi connectivity index (χ3v) is 6.24. The fraction of sp³-hybridized carbons (Fsp3) is 0.409. The van der Waals surface area contributed by atoms with Crippen molar-refractivity contribution in [2.75, 3.05) is 38.7 Å². The predicted molar refractivity (Wildman–Crippen MR) is 117 cm³/mol. The lowest BCUT2D eigenvalue weighted by Crippen LogP contribution is -2.48. The Kier molecular flexibility index (Phi) is 6.02. The van der Waals surface area contributed by atoms with E-state index in [1.54, 1.807) is 0 Å². The maximum atomic E-state index is 12.6. The molecule has 1 fully saturated rings. The number of nitrogens with one attached hydrogen (secondary N) is 1. The molecule has 2 aliphatic rings. The van der Waals surface area contributed by atoms with Crippen LogP contribution in [-0.2, 0) is 11.3 Å². The van der Waals surface area contributed by atoms with Crippen LogP contribution >= 0.6 is 23.2 Å². The number of morpholine rings is 1. The molecule has 2 aliphatic heterocycles. The molecule has 2 atom stereocenters. The lowest BCUT2D eigenvalue weighted by molar-refractivity contribution is 0.0222. The number of urea groups is 1. The molecule has 5 nitrogen and oxygen atoms in total. The van der Waals surface area contributed by atoms with E-state index < -0.39 is 0 Å². The van der Waals surface area contributed by atoms with Gasteiger partial charge >= 0.3 is 6.03 Å². The highest BCUT2D eigenvalue weighted by molar-refractivity contribution is 6.35. The van der Waals surface area contributed by atoms with E-state index >= 15 is 0 Å². The van der Waals surface area contributed by atoms with Crippen LogP contribution in [0.2, 0.25) is 10.0 Å². The van der Waals surface area contributed by atoms with Crippen LogP contribution in [0.5, 0.6) is 0 Å². The van der Waals surface area contributed by atoms with Gasteiger partial charge in [0.1, 0.15) is 0 Å². The summed E-state index contributed by atoms with van der Waals surface area (Å²) in [5, 5.41) is 4.37. The summed E-state index contributed by atoms with van der Waals surface area (Å²) in [6, 6.07) is 11.9. The van der Waals surface area contributed by atoms with E-state index in [-0.39, 0.29) is 18.0 Å². The van der Waals surface area contributed by atoms with Gasteiger partial charge in [-0.2, -0.15) is 0 Å². The van der Waals surface area contributed by atoms with Gasteiger partial charge in [-0.25, -0.2) is 4.79 Å². The maximum absolute atomic E-state index is 12.6. The van der Waals surface area contributed by atoms with Crippen molar-refractivity contribution in [3.8, 4) is 0 Å². The molecule has 154 valence electrons. The number of fused-ring (bicyclic) bond motifs is 1. The molecule has 0 saturated carbocycles. The van der Waals surface area contributed by atoms with Gasteiger partial charge in [0.05, 0.1) is 19.3 Å². The quantitative estimate of drug-likeness (QED) is 0.737. The predicted octanol–water partition coefficient (Wildman–Crippen LogP) is 4.82. The highest BCUT2D eigenvalue weighted by Crippen LogP contribution is 2.38. The Labute approximate surface area is 181 Å². The van der Waals surface area contributed by atoms with Crippen molar-refractivity contribution in [2.45, 2.75) is 25.4 Å². The zero-order chi connectivity index (χ0) is 20.5. The van der Waals surface area contributed by atoms with Crippen LogP contribution in [0.25, 0.3) is 0 Å². The van der Waals surface area contributed by atoms with Crippen LogP contribution < -0.4 is 5.32 Å². The molecule has 2 aromatic carbocycles. The average molecular weight is 434 g/mol. The standard InChI is InChI=1S/C22H25Cl2N3O2/c1-14-13-29-8-7-27(14)22(28)25-17-5-3-15(4-6-17)19-11-26(2)12-20-18(19)9-16(23)10-21(20)24/h3-6,9-10,14,19H,7-8,11-13H2,1-2H3,(H,25,28). The van der Waals surface area contributed by atoms with Gasteiger partial charge in [-0.05, 0) is 54.9 Å². The summed E-state index contributed by atoms with van der Waals surface area (Å²) in [6.45, 7) is 5.46. The number of ether oxygens (including phenoxy) is 1. The summed E-state index contributed by atoms with van der Waals surface area (Å²) in [5.74, 6) is 0.184. The lowest BCUT2D eigenvalue weighted by Gasteiger charge is -2.34. The molecule has 0 spiro atoms. The number of anilines is 1. The second kappa shape index (κ2) is 8.52. The first-order valence-corrected chi connectivity index (χ1v) is 10.6. The first-order chi connectivity index (χ1) is 13.9. The molecule has 0 aliphatic carbocycles. The molecule has 0 radical (unpaired) electrons. The monoisotopic (exact) mass is 433 g/mol. The Morgan fingerprint density at radius 2 is 1.97 bits per heavy atom. The molecule has 4 rings (SSSR count). The van der Waals surface area contributed by atoms with Crippen molar-refractivity contribution in [1.82, 2.24) is 9.80 Å². The van der Waals surface area contributed by atoms with E-state index in [9.17, 15) is 4.79 Å². The van der Waals surface area contributed by atoms with Crippen molar-refractivity contribution in [1.29, 1.82) is 0 Å². The summed E-state index contributed by atoms with van der Waals surface area (Å²) in [6.07, 6.45) is 0. The van der Waals surface area contributed by atoms with Gasteiger partial charge in [0.25, 0.3) is 0 Å². The molecular weight excluding hydrogens is 409 g/mol. The van der Waals surface area contributed by atoms with Gasteiger partial charge in [-0.15, -0.1) is 0 Å². The summed E-state index contributed by atoms with van der Waals surface area (Å²) in [5.41, 5.74) is 4.27. The van der Waals surface area contributed by atoms with E-state index in [1.165, 1.54) is 11.1 Å². The molecule has 2 amide bonds. The van der Waals surface area contributed by atoms with Crippen LogP contribution in [0, 0.1) is 0 Å². The van der Waals surface area contributed by atoms with E-state index in [0.29, 0.717) is 29.8 Å². The summed E-state index contributed by atoms with van der Waals surface area (Å²) < 4.78 is 5.40. The van der Waals surface area contributed by atoms with Crippen molar-refractivity contribution in [2.24, 2.45) is 0 Å². The van der Waals surface area contributed by atoms with Gasteiger partial charge in [-0.1, -0.05) is 35.3 Å². The Morgan fingerprint density at radius 3 is 2.69 bits per heavy atom. The molecule has 29 heavy (non-hydrogen) atoms. The average Bonchev–Trinajstić information content (AvgIpc) is 2.69. The second-order valence-electron chi connectivity index (χ2n) is 7.87. The Morgan fingerprint density at radius 1 is 1.21 bits per heavy atom. The number of amides is 2. The smallest absolute Gasteiger partial charge is 0.322 e. The summed E-state index contributed by atoms with van der Waals surface area (Å²) in [7, 11) is 2.10. The molecule has 7 heteroatoms. The molecule has 2 unspecified atom stereocenters. The minimum absolute atomic E-state index is 0.0757. The largest absolute Gasteiger partial charge is 0.377 e. The van der Waals surface area contributed by atoms with Crippen molar-refractivity contribution >= 4 is 34.9 Å². The lowest BCUT2D eigenvalue weighted by atomic mass is 9.85. The molecule has 0 bridgehead atoms. The van der Waals surface area contributed by atoms with Crippen LogP contribution in [0.15, 0.2) is 36.4 Å². The number of hydrogen-bond donors (Lipinski definition) is 1. The third kappa shape index (κ3) is 4.38. The number of rotatable bonds is 2. The molecule has 2 heterocycles. The number of hydrogen-bond acceptors (Lipinski definition) is 3. The van der Waals surface area contributed by atoms with Gasteiger partial charge in [0, 0.05) is 41.3 Å². The SMILES string of the molecule is CC1COCCN1C(=O)Nc1ccc(C2CN(C)Cc3c(Cl)cc(Cl)cc32)cc1. The third-order valence-electron chi connectivity index (χ3n) is 5.69. The summed E-state index contributed by atoms with van der Waals surface area (Å²) >= 11 is 12.7. The van der Waals surface area contributed by atoms with E-state index in [1.807, 2.05) is 36.1 Å². The number of carbonyl (C=O) groups excluding carboxylic acids is 1. The Balaban J connectivity index is 1.53. The zero-order valence-corrected chi connectivity index (χ0v) is 18.1. The fourth-order valence-corrected chi connectivity index (χ4v) is 4.72. The van der Waals surface area contributed by atoms with Crippen LogP contribution in [0.3, 0.4) is 0 Å². The van der Waals surface area contributed by atoms with E-state index in [2.05, 4.69) is 29.4 Å². The molecule has 2 aromatic rings. The fourth-order valence-electron chi connectivity index (χ4n) is 4.15. The molecule has 0 aromatic heterocycles. The first-order valence-electron chi connectivity index (χ1n) is 9.84. The Hall–Kier alpha value is -1.79. The van der Waals surface area contributed by atoms with Gasteiger partial charge in [0.2, 0.25) is 0 Å². The molecular formula is C22H25Cl2N3O2. The minimum Gasteiger partial charge on any atom is -0.377 e. The summed E-state index contributed by atoms with van der Waals surface area (Å²) in [4.78, 5) is 16.6. The van der Waals surface area contributed by atoms with Crippen LogP contribution in [-0.4, -0.2) is 55.2 Å². The van der Waals surface area contributed by atoms with Gasteiger partial charge in [-0.3, -0.25) is 0 Å². The number of likely N-dealkylation sites (N-methyl/N-ethyl adjacent to an activating group) is 1. The van der Waals surface area contributed by atoms with E-state index in [0.717, 1.165) is 24.3 Å². The zero-order valence-electron chi connectivity index (χ0n) is 16.6. The minimum atomic E-state index is -0.0881. The number of halogens is 2. The number of nitrogens with zero attached hydrogens (tertiary/aromatic N) is 2.